The van der Waals surface area contributed by atoms with Crippen LogP contribution < -0.4 is 0 Å². The molecule has 1 aromatic carbocycles. The number of fused-ring (bicyclic) bond motifs is 1. The monoisotopic (exact) mass is 232 g/mol. The Hall–Kier alpha value is -1.31. The second kappa shape index (κ2) is 4.52. The molecule has 0 spiro atoms. The Balaban J connectivity index is 2.24. The lowest BCUT2D eigenvalue weighted by atomic mass is 9.93. The Morgan fingerprint density at radius 1 is 1.24 bits per heavy atom. The van der Waals surface area contributed by atoms with Gasteiger partial charge in [0.05, 0.1) is 5.92 Å². The molecule has 1 aliphatic carbocycles. The topological polar surface area (TPSA) is 37.3 Å². The molecule has 0 fully saturated rings. The zero-order chi connectivity index (χ0) is 12.6. The van der Waals surface area contributed by atoms with Crippen LogP contribution >= 0.6 is 0 Å². The summed E-state index contributed by atoms with van der Waals surface area (Å²) in [4.78, 5) is 11.0. The summed E-state index contributed by atoms with van der Waals surface area (Å²) in [6.45, 7) is 6.27. The molecule has 1 aromatic rings. The fourth-order valence-corrected chi connectivity index (χ4v) is 2.56. The van der Waals surface area contributed by atoms with Crippen molar-refractivity contribution in [3.05, 3.63) is 34.9 Å². The molecule has 17 heavy (non-hydrogen) atoms. The maximum Gasteiger partial charge on any atom is 0.310 e. The molecule has 0 aliphatic heterocycles. The van der Waals surface area contributed by atoms with Crippen LogP contribution in [0.25, 0.3) is 0 Å². The number of carboxylic acid groups (broad SMARTS) is 1. The summed E-state index contributed by atoms with van der Waals surface area (Å²) in [6.07, 6.45) is 2.25. The van der Waals surface area contributed by atoms with E-state index in [0.717, 1.165) is 24.3 Å². The second-order valence-electron chi connectivity index (χ2n) is 5.50. The van der Waals surface area contributed by atoms with Crippen LogP contribution in [-0.4, -0.2) is 11.1 Å². The van der Waals surface area contributed by atoms with Crippen LogP contribution in [-0.2, 0) is 17.6 Å². The summed E-state index contributed by atoms with van der Waals surface area (Å²) in [7, 11) is 0. The number of benzene rings is 1. The van der Waals surface area contributed by atoms with Gasteiger partial charge in [-0.15, -0.1) is 0 Å². The minimum absolute atomic E-state index is 0.404. The van der Waals surface area contributed by atoms with Crippen molar-refractivity contribution in [1.29, 1.82) is 0 Å². The molecule has 0 radical (unpaired) electrons. The molecule has 0 unspecified atom stereocenters. The first-order chi connectivity index (χ1) is 7.99. The van der Waals surface area contributed by atoms with Crippen LogP contribution in [0, 0.1) is 11.8 Å². The van der Waals surface area contributed by atoms with Gasteiger partial charge in [0.15, 0.2) is 0 Å². The Kier molecular flexibility index (Phi) is 3.23. The molecule has 0 aromatic heterocycles. The maximum absolute atomic E-state index is 11.0. The van der Waals surface area contributed by atoms with Crippen LogP contribution in [0.15, 0.2) is 18.2 Å². The zero-order valence-electron chi connectivity index (χ0n) is 10.7. The standard InChI is InChI=1S/C15H20O2/c1-9(2)13-7-12-5-4-11(6-14(12)8-13)10(3)15(16)17/h4-6,9-10,13H,7-8H2,1-3H3,(H,16,17)/t10-,13-/m1/s1. The van der Waals surface area contributed by atoms with Crippen LogP contribution in [0.3, 0.4) is 0 Å². The van der Waals surface area contributed by atoms with Gasteiger partial charge in [-0.3, -0.25) is 4.79 Å². The van der Waals surface area contributed by atoms with E-state index >= 15 is 0 Å². The molecule has 0 heterocycles. The van der Waals surface area contributed by atoms with E-state index in [0.29, 0.717) is 5.92 Å². The van der Waals surface area contributed by atoms with Crippen molar-refractivity contribution in [2.75, 3.05) is 0 Å². The SMILES string of the molecule is CC(C)[C@@H]1Cc2ccc([C@@H](C)C(=O)O)cc2C1. The Labute approximate surface area is 103 Å². The third-order valence-electron chi connectivity index (χ3n) is 4.01. The highest BCUT2D eigenvalue weighted by atomic mass is 16.4. The molecule has 0 bridgehead atoms. The predicted octanol–water partition coefficient (Wildman–Crippen LogP) is 3.25. The minimum atomic E-state index is -0.747. The second-order valence-corrected chi connectivity index (χ2v) is 5.50. The van der Waals surface area contributed by atoms with Crippen molar-refractivity contribution >= 4 is 5.97 Å². The van der Waals surface area contributed by atoms with Gasteiger partial charge < -0.3 is 5.11 Å². The van der Waals surface area contributed by atoms with Gasteiger partial charge in [-0.2, -0.15) is 0 Å². The summed E-state index contributed by atoms with van der Waals surface area (Å²) >= 11 is 0. The third-order valence-corrected chi connectivity index (χ3v) is 4.01. The largest absolute Gasteiger partial charge is 0.481 e. The van der Waals surface area contributed by atoms with Gasteiger partial charge in [0.1, 0.15) is 0 Å². The zero-order valence-corrected chi connectivity index (χ0v) is 10.7. The molecule has 2 atom stereocenters. The van der Waals surface area contributed by atoms with E-state index in [9.17, 15) is 4.79 Å². The van der Waals surface area contributed by atoms with Gasteiger partial charge in [0.25, 0.3) is 0 Å². The van der Waals surface area contributed by atoms with Crippen LogP contribution in [0.1, 0.15) is 43.4 Å². The van der Waals surface area contributed by atoms with Gasteiger partial charge in [0.2, 0.25) is 0 Å². The fourth-order valence-electron chi connectivity index (χ4n) is 2.56. The molecule has 0 saturated carbocycles. The summed E-state index contributed by atoms with van der Waals surface area (Å²) < 4.78 is 0. The summed E-state index contributed by atoms with van der Waals surface area (Å²) in [5.41, 5.74) is 3.69. The summed E-state index contributed by atoms with van der Waals surface area (Å²) in [5, 5.41) is 9.02. The third kappa shape index (κ3) is 2.36. The smallest absolute Gasteiger partial charge is 0.310 e. The van der Waals surface area contributed by atoms with Gasteiger partial charge in [-0.1, -0.05) is 32.0 Å². The Morgan fingerprint density at radius 2 is 1.88 bits per heavy atom. The highest BCUT2D eigenvalue weighted by molar-refractivity contribution is 5.75. The van der Waals surface area contributed by atoms with E-state index in [4.69, 9.17) is 5.11 Å². The number of rotatable bonds is 3. The average molecular weight is 232 g/mol. The Morgan fingerprint density at radius 3 is 2.47 bits per heavy atom. The average Bonchev–Trinajstić information content (AvgIpc) is 2.70. The number of hydrogen-bond donors (Lipinski definition) is 1. The highest BCUT2D eigenvalue weighted by Gasteiger charge is 2.25. The first kappa shape index (κ1) is 12.2. The quantitative estimate of drug-likeness (QED) is 0.868. The molecule has 1 N–H and O–H groups in total. The van der Waals surface area contributed by atoms with Crippen molar-refractivity contribution in [3.8, 4) is 0 Å². The molecule has 92 valence electrons. The first-order valence-electron chi connectivity index (χ1n) is 6.33. The number of aliphatic carboxylic acids is 1. The van der Waals surface area contributed by atoms with Crippen molar-refractivity contribution in [2.45, 2.75) is 39.5 Å². The van der Waals surface area contributed by atoms with Crippen molar-refractivity contribution < 1.29 is 9.90 Å². The van der Waals surface area contributed by atoms with Crippen molar-refractivity contribution in [1.82, 2.24) is 0 Å². The van der Waals surface area contributed by atoms with E-state index in [1.165, 1.54) is 11.1 Å². The van der Waals surface area contributed by atoms with Gasteiger partial charge in [0, 0.05) is 0 Å². The van der Waals surface area contributed by atoms with E-state index in [2.05, 4.69) is 26.0 Å². The maximum atomic E-state index is 11.0. The van der Waals surface area contributed by atoms with E-state index in [1.54, 1.807) is 6.92 Å². The highest BCUT2D eigenvalue weighted by Crippen LogP contribution is 2.33. The van der Waals surface area contributed by atoms with Gasteiger partial charge >= 0.3 is 5.97 Å². The van der Waals surface area contributed by atoms with Crippen LogP contribution in [0.5, 0.6) is 0 Å². The van der Waals surface area contributed by atoms with Crippen LogP contribution in [0.2, 0.25) is 0 Å². The van der Waals surface area contributed by atoms with E-state index in [-0.39, 0.29) is 0 Å². The van der Waals surface area contributed by atoms with Crippen molar-refractivity contribution in [2.24, 2.45) is 11.8 Å². The van der Waals surface area contributed by atoms with E-state index < -0.39 is 11.9 Å². The summed E-state index contributed by atoms with van der Waals surface area (Å²) in [5.74, 6) is 0.268. The summed E-state index contributed by atoms with van der Waals surface area (Å²) in [6, 6.07) is 6.18. The molecule has 2 rings (SSSR count). The molecule has 1 aliphatic rings. The van der Waals surface area contributed by atoms with E-state index in [1.807, 2.05) is 6.07 Å². The van der Waals surface area contributed by atoms with Gasteiger partial charge in [-0.05, 0) is 48.3 Å². The minimum Gasteiger partial charge on any atom is -0.481 e. The lowest BCUT2D eigenvalue weighted by Gasteiger charge is -2.12. The molecule has 0 amide bonds. The molecule has 2 heteroatoms. The fraction of sp³-hybridized carbons (Fsp3) is 0.533. The lowest BCUT2D eigenvalue weighted by Crippen LogP contribution is -2.08. The molecular formula is C15H20O2. The van der Waals surface area contributed by atoms with Gasteiger partial charge in [-0.25, -0.2) is 0 Å². The molecular weight excluding hydrogens is 212 g/mol. The lowest BCUT2D eigenvalue weighted by molar-refractivity contribution is -0.138. The Bertz CT molecular complexity index is 435. The van der Waals surface area contributed by atoms with Crippen molar-refractivity contribution in [3.63, 3.8) is 0 Å². The molecule has 0 saturated heterocycles. The van der Waals surface area contributed by atoms with Crippen LogP contribution in [0.4, 0.5) is 0 Å². The molecule has 2 nitrogen and oxygen atoms in total. The number of hydrogen-bond acceptors (Lipinski definition) is 1. The normalized spacial score (nSPS) is 20.4. The first-order valence-corrected chi connectivity index (χ1v) is 6.33. The number of carbonyl (C=O) groups is 1. The number of carboxylic acids is 1. The predicted molar refractivity (Wildman–Crippen MR) is 68.2 cm³/mol.